The summed E-state index contributed by atoms with van der Waals surface area (Å²) >= 11 is 5.92. The zero-order valence-corrected chi connectivity index (χ0v) is 9.42. The van der Waals surface area contributed by atoms with Crippen LogP contribution in [0.25, 0.3) is 0 Å². The minimum Gasteiger partial charge on any atom is -0.284 e. The van der Waals surface area contributed by atoms with Gasteiger partial charge in [0, 0.05) is 18.3 Å². The molecule has 0 bridgehead atoms. The minimum absolute atomic E-state index is 0.116. The number of fused-ring (bicyclic) bond motifs is 1. The quantitative estimate of drug-likeness (QED) is 0.608. The number of halogens is 1. The van der Waals surface area contributed by atoms with Gasteiger partial charge < -0.3 is 0 Å². The molecule has 6 heteroatoms. The van der Waals surface area contributed by atoms with E-state index < -0.39 is 10.1 Å². The van der Waals surface area contributed by atoms with Crippen LogP contribution in [0, 0.1) is 0 Å². The molecule has 0 saturated carbocycles. The van der Waals surface area contributed by atoms with Gasteiger partial charge in [0.1, 0.15) is 4.90 Å². The van der Waals surface area contributed by atoms with Gasteiger partial charge in [0.15, 0.2) is 0 Å². The monoisotopic (exact) mass is 247 g/mol. The summed E-state index contributed by atoms with van der Waals surface area (Å²) in [6, 6.07) is 4.78. The van der Waals surface area contributed by atoms with Gasteiger partial charge in [-0.05, 0) is 24.5 Å². The predicted molar refractivity (Wildman–Crippen MR) is 57.8 cm³/mol. The molecule has 0 radical (unpaired) electrons. The van der Waals surface area contributed by atoms with Gasteiger partial charge in [-0.15, -0.1) is 0 Å². The molecule has 1 heterocycles. The van der Waals surface area contributed by atoms with Gasteiger partial charge in [-0.25, -0.2) is 0 Å². The summed E-state index contributed by atoms with van der Waals surface area (Å²) in [6.45, 7) is 0.584. The molecule has 1 aromatic rings. The van der Waals surface area contributed by atoms with Gasteiger partial charge in [0.25, 0.3) is 10.1 Å². The third kappa shape index (κ3) is 1.95. The van der Waals surface area contributed by atoms with Crippen molar-refractivity contribution in [2.75, 3.05) is 11.0 Å². The molecule has 2 rings (SSSR count). The van der Waals surface area contributed by atoms with Crippen molar-refractivity contribution in [3.8, 4) is 0 Å². The van der Waals surface area contributed by atoms with E-state index in [1.807, 2.05) is 6.07 Å². The maximum atomic E-state index is 11.1. The van der Waals surface area contributed by atoms with Crippen LogP contribution in [0.3, 0.4) is 0 Å². The second kappa shape index (κ2) is 3.66. The number of hydrogen-bond acceptors (Lipinski definition) is 3. The van der Waals surface area contributed by atoms with Crippen LogP contribution < -0.4 is 4.42 Å². The fourth-order valence-corrected chi connectivity index (χ4v) is 2.88. The maximum absolute atomic E-state index is 11.1. The van der Waals surface area contributed by atoms with Crippen molar-refractivity contribution in [1.82, 2.24) is 0 Å². The average molecular weight is 248 g/mol. The lowest BCUT2D eigenvalue weighted by Gasteiger charge is -2.26. The number of nitrogens with zero attached hydrogens (tertiary/aromatic N) is 1. The van der Waals surface area contributed by atoms with Crippen LogP contribution in [0.4, 0.5) is 5.69 Å². The van der Waals surface area contributed by atoms with Gasteiger partial charge in [-0.1, -0.05) is 12.1 Å². The maximum Gasteiger partial charge on any atom is 0.296 e. The molecule has 15 heavy (non-hydrogen) atoms. The first-order chi connectivity index (χ1) is 7.00. The third-order valence-corrected chi connectivity index (χ3v) is 3.63. The second-order valence-electron chi connectivity index (χ2n) is 3.43. The topological polar surface area (TPSA) is 57.6 Å². The summed E-state index contributed by atoms with van der Waals surface area (Å²) in [5.74, 6) is 0. The largest absolute Gasteiger partial charge is 0.296 e. The van der Waals surface area contributed by atoms with E-state index in [4.69, 9.17) is 16.3 Å². The molecular formula is C9H10ClNO3S. The number of benzene rings is 1. The van der Waals surface area contributed by atoms with E-state index in [9.17, 15) is 8.42 Å². The Morgan fingerprint density at radius 2 is 2.13 bits per heavy atom. The molecule has 0 atom stereocenters. The lowest BCUT2D eigenvalue weighted by Crippen LogP contribution is -2.22. The molecule has 1 aliphatic heterocycles. The first-order valence-electron chi connectivity index (χ1n) is 4.53. The van der Waals surface area contributed by atoms with Crippen LogP contribution in [0.15, 0.2) is 23.1 Å². The Kier molecular flexibility index (Phi) is 2.62. The predicted octanol–water partition coefficient (Wildman–Crippen LogP) is 1.84. The molecule has 0 fully saturated rings. The standard InChI is InChI=1S/C9H10ClNO3S/c10-11-6-2-4-7-3-1-5-8(9(7)11)15(12,13)14/h1,3,5H,2,4,6H2,(H,12,13,14). The zero-order chi connectivity index (χ0) is 11.1. The Labute approximate surface area is 93.3 Å². The normalized spacial score (nSPS) is 16.3. The van der Waals surface area contributed by atoms with Crippen molar-refractivity contribution in [3.05, 3.63) is 23.8 Å². The summed E-state index contributed by atoms with van der Waals surface area (Å²) < 4.78 is 32.6. The van der Waals surface area contributed by atoms with Crippen LogP contribution >= 0.6 is 11.8 Å². The third-order valence-electron chi connectivity index (χ3n) is 2.40. The molecule has 0 saturated heterocycles. The van der Waals surface area contributed by atoms with Crippen molar-refractivity contribution >= 4 is 27.6 Å². The molecule has 1 aromatic carbocycles. The van der Waals surface area contributed by atoms with Crippen LogP contribution in [-0.2, 0) is 16.5 Å². The Morgan fingerprint density at radius 1 is 1.40 bits per heavy atom. The summed E-state index contributed by atoms with van der Waals surface area (Å²) in [5, 5.41) is 0. The summed E-state index contributed by atoms with van der Waals surface area (Å²) in [7, 11) is -4.20. The molecule has 0 spiro atoms. The molecule has 0 unspecified atom stereocenters. The van der Waals surface area contributed by atoms with E-state index in [1.165, 1.54) is 10.5 Å². The number of aryl methyl sites for hydroxylation is 1. The van der Waals surface area contributed by atoms with E-state index >= 15 is 0 Å². The van der Waals surface area contributed by atoms with Crippen molar-refractivity contribution in [1.29, 1.82) is 0 Å². The highest BCUT2D eigenvalue weighted by Crippen LogP contribution is 2.34. The summed E-state index contributed by atoms with van der Waals surface area (Å²) in [6.07, 6.45) is 1.66. The Bertz CT molecular complexity index is 486. The fourth-order valence-electron chi connectivity index (χ4n) is 1.77. The van der Waals surface area contributed by atoms with E-state index in [2.05, 4.69) is 0 Å². The highest BCUT2D eigenvalue weighted by atomic mass is 35.5. The summed E-state index contributed by atoms with van der Waals surface area (Å²) in [5.41, 5.74) is 1.26. The first kappa shape index (κ1) is 10.7. The lowest BCUT2D eigenvalue weighted by molar-refractivity contribution is 0.483. The Morgan fingerprint density at radius 3 is 2.80 bits per heavy atom. The number of para-hydroxylation sites is 1. The van der Waals surface area contributed by atoms with Crippen LogP contribution in [0.5, 0.6) is 0 Å². The zero-order valence-electron chi connectivity index (χ0n) is 7.85. The second-order valence-corrected chi connectivity index (χ2v) is 5.23. The molecule has 1 N–H and O–H groups in total. The molecular weight excluding hydrogens is 238 g/mol. The average Bonchev–Trinajstić information content (AvgIpc) is 2.16. The van der Waals surface area contributed by atoms with Gasteiger partial charge in [-0.2, -0.15) is 8.42 Å². The van der Waals surface area contributed by atoms with Crippen LogP contribution in [-0.4, -0.2) is 19.5 Å². The van der Waals surface area contributed by atoms with Gasteiger partial charge >= 0.3 is 0 Å². The van der Waals surface area contributed by atoms with Crippen LogP contribution in [0.2, 0.25) is 0 Å². The van der Waals surface area contributed by atoms with E-state index in [1.54, 1.807) is 6.07 Å². The number of rotatable bonds is 1. The molecule has 82 valence electrons. The molecule has 0 aliphatic carbocycles. The smallest absolute Gasteiger partial charge is 0.284 e. The summed E-state index contributed by atoms with van der Waals surface area (Å²) in [4.78, 5) is -0.116. The SMILES string of the molecule is O=S(=O)(O)c1cccc2c1N(Cl)CCC2. The van der Waals surface area contributed by atoms with E-state index in [-0.39, 0.29) is 4.90 Å². The lowest BCUT2D eigenvalue weighted by atomic mass is 10.0. The van der Waals surface area contributed by atoms with Crippen molar-refractivity contribution < 1.29 is 13.0 Å². The van der Waals surface area contributed by atoms with E-state index in [0.29, 0.717) is 12.2 Å². The minimum atomic E-state index is -4.20. The van der Waals surface area contributed by atoms with Crippen molar-refractivity contribution in [2.24, 2.45) is 0 Å². The van der Waals surface area contributed by atoms with Gasteiger partial charge in [-0.3, -0.25) is 8.97 Å². The first-order valence-corrected chi connectivity index (χ1v) is 6.30. The van der Waals surface area contributed by atoms with Crippen molar-refractivity contribution in [2.45, 2.75) is 17.7 Å². The Balaban J connectivity index is 2.67. The van der Waals surface area contributed by atoms with Crippen molar-refractivity contribution in [3.63, 3.8) is 0 Å². The number of anilines is 1. The molecule has 4 nitrogen and oxygen atoms in total. The Hall–Kier alpha value is -0.780. The molecule has 0 amide bonds. The van der Waals surface area contributed by atoms with Gasteiger partial charge in [0.2, 0.25) is 0 Å². The van der Waals surface area contributed by atoms with Gasteiger partial charge in [0.05, 0.1) is 5.69 Å². The molecule has 1 aliphatic rings. The number of hydrogen-bond donors (Lipinski definition) is 1. The fraction of sp³-hybridized carbons (Fsp3) is 0.333. The highest BCUT2D eigenvalue weighted by molar-refractivity contribution is 7.86. The molecule has 0 aromatic heterocycles. The van der Waals surface area contributed by atoms with Crippen LogP contribution in [0.1, 0.15) is 12.0 Å². The highest BCUT2D eigenvalue weighted by Gasteiger charge is 2.24. The van der Waals surface area contributed by atoms with E-state index in [0.717, 1.165) is 18.4 Å².